The highest BCUT2D eigenvalue weighted by Crippen LogP contribution is 2.26. The van der Waals surface area contributed by atoms with Gasteiger partial charge in [0, 0.05) is 43.4 Å². The number of nitrogens with one attached hydrogen (secondary N) is 2. The van der Waals surface area contributed by atoms with E-state index in [1.54, 1.807) is 13.1 Å². The van der Waals surface area contributed by atoms with Crippen LogP contribution in [0.15, 0.2) is 6.07 Å². The van der Waals surface area contributed by atoms with Gasteiger partial charge in [0.05, 0.1) is 5.69 Å². The molecule has 0 radical (unpaired) electrons. The van der Waals surface area contributed by atoms with Crippen LogP contribution in [-0.4, -0.2) is 31.4 Å². The highest BCUT2D eigenvalue weighted by molar-refractivity contribution is 5.96. The predicted octanol–water partition coefficient (Wildman–Crippen LogP) is 2.31. The van der Waals surface area contributed by atoms with Crippen LogP contribution in [0.5, 0.6) is 0 Å². The van der Waals surface area contributed by atoms with E-state index in [0.29, 0.717) is 12.4 Å². The first-order valence-corrected chi connectivity index (χ1v) is 9.56. The molecule has 0 atom stereocenters. The third kappa shape index (κ3) is 4.04. The lowest BCUT2D eigenvalue weighted by Crippen LogP contribution is -2.24. The summed E-state index contributed by atoms with van der Waals surface area (Å²) in [5.74, 6) is 0.358. The fourth-order valence-corrected chi connectivity index (χ4v) is 3.67. The number of nitrogens with zero attached hydrogens (tertiary/aromatic N) is 4. The van der Waals surface area contributed by atoms with Crippen LogP contribution >= 0.6 is 0 Å². The molecule has 1 saturated carbocycles. The molecular formula is C19H28N6O2. The molecule has 2 heterocycles. The first kappa shape index (κ1) is 19.1. The largest absolute Gasteiger partial charge is 0.346 e. The Bertz CT molecular complexity index is 845. The molecule has 146 valence electrons. The van der Waals surface area contributed by atoms with Gasteiger partial charge in [0.2, 0.25) is 5.91 Å². The van der Waals surface area contributed by atoms with Crippen molar-refractivity contribution in [2.45, 2.75) is 59.5 Å². The number of carbonyl (C=O) groups is 2. The van der Waals surface area contributed by atoms with E-state index in [2.05, 4.69) is 20.8 Å². The minimum absolute atomic E-state index is 0.0145. The zero-order valence-corrected chi connectivity index (χ0v) is 16.5. The number of aryl methyl sites for hydroxylation is 3. The van der Waals surface area contributed by atoms with E-state index in [1.807, 2.05) is 25.5 Å². The first-order valence-electron chi connectivity index (χ1n) is 9.56. The lowest BCUT2D eigenvalue weighted by Gasteiger charge is -2.09. The summed E-state index contributed by atoms with van der Waals surface area (Å²) >= 11 is 0. The third-order valence-electron chi connectivity index (χ3n) is 5.35. The second-order valence-corrected chi connectivity index (χ2v) is 7.16. The standard InChI is InChI=1S/C19H28N6O2/c1-5-25-13(3)15(12(2)22-25)11-20-19(27)16-10-17(24(4)23-16)21-18(26)14-8-6-7-9-14/h10,14H,5-9,11H2,1-4H3,(H,20,27)(H,21,26). The fourth-order valence-electron chi connectivity index (χ4n) is 3.67. The Labute approximate surface area is 159 Å². The third-order valence-corrected chi connectivity index (χ3v) is 5.35. The average Bonchev–Trinajstić information content (AvgIpc) is 3.35. The minimum Gasteiger partial charge on any atom is -0.346 e. The van der Waals surface area contributed by atoms with Crippen molar-refractivity contribution in [2.24, 2.45) is 13.0 Å². The number of aromatic nitrogens is 4. The average molecular weight is 372 g/mol. The first-order chi connectivity index (χ1) is 12.9. The Morgan fingerprint density at radius 3 is 2.56 bits per heavy atom. The Morgan fingerprint density at radius 2 is 1.93 bits per heavy atom. The number of rotatable bonds is 6. The maximum atomic E-state index is 12.5. The van der Waals surface area contributed by atoms with Crippen LogP contribution in [0.4, 0.5) is 5.82 Å². The van der Waals surface area contributed by atoms with E-state index in [4.69, 9.17) is 0 Å². The molecule has 2 amide bonds. The molecule has 0 spiro atoms. The minimum atomic E-state index is -0.269. The van der Waals surface area contributed by atoms with Gasteiger partial charge in [0.15, 0.2) is 5.69 Å². The van der Waals surface area contributed by atoms with Crippen LogP contribution < -0.4 is 10.6 Å². The zero-order valence-electron chi connectivity index (χ0n) is 16.5. The van der Waals surface area contributed by atoms with Crippen molar-refractivity contribution < 1.29 is 9.59 Å². The molecule has 1 aliphatic rings. The highest BCUT2D eigenvalue weighted by Gasteiger charge is 2.24. The summed E-state index contributed by atoms with van der Waals surface area (Å²) in [5.41, 5.74) is 3.29. The number of hydrogen-bond acceptors (Lipinski definition) is 4. The molecule has 1 fully saturated rings. The van der Waals surface area contributed by atoms with Crippen LogP contribution in [0.3, 0.4) is 0 Å². The summed E-state index contributed by atoms with van der Waals surface area (Å²) in [4.78, 5) is 24.8. The van der Waals surface area contributed by atoms with Crippen molar-refractivity contribution in [3.05, 3.63) is 28.7 Å². The Kier molecular flexibility index (Phi) is 5.62. The number of hydrogen-bond donors (Lipinski definition) is 2. The van der Waals surface area contributed by atoms with Gasteiger partial charge in [0.25, 0.3) is 5.91 Å². The van der Waals surface area contributed by atoms with E-state index in [-0.39, 0.29) is 23.4 Å². The Morgan fingerprint density at radius 1 is 1.22 bits per heavy atom. The highest BCUT2D eigenvalue weighted by atomic mass is 16.2. The van der Waals surface area contributed by atoms with E-state index in [0.717, 1.165) is 49.2 Å². The van der Waals surface area contributed by atoms with Crippen molar-refractivity contribution in [2.75, 3.05) is 5.32 Å². The normalized spacial score (nSPS) is 14.5. The number of anilines is 1. The summed E-state index contributed by atoms with van der Waals surface area (Å²) < 4.78 is 3.46. The van der Waals surface area contributed by atoms with Crippen molar-refractivity contribution in [3.8, 4) is 0 Å². The van der Waals surface area contributed by atoms with Gasteiger partial charge in [-0.15, -0.1) is 0 Å². The van der Waals surface area contributed by atoms with Crippen LogP contribution in [0.25, 0.3) is 0 Å². The van der Waals surface area contributed by atoms with Crippen LogP contribution in [0, 0.1) is 19.8 Å². The molecule has 2 N–H and O–H groups in total. The number of carbonyl (C=O) groups excluding carboxylic acids is 2. The topological polar surface area (TPSA) is 93.8 Å². The molecular weight excluding hydrogens is 344 g/mol. The second kappa shape index (κ2) is 7.94. The Balaban J connectivity index is 1.64. The molecule has 0 saturated heterocycles. The van der Waals surface area contributed by atoms with Crippen LogP contribution in [0.2, 0.25) is 0 Å². The molecule has 8 nitrogen and oxygen atoms in total. The SMILES string of the molecule is CCn1nc(C)c(CNC(=O)c2cc(NC(=O)C3CCCC3)n(C)n2)c1C. The molecule has 0 unspecified atom stereocenters. The van der Waals surface area contributed by atoms with Crippen molar-refractivity contribution in [1.29, 1.82) is 0 Å². The molecule has 0 bridgehead atoms. The van der Waals surface area contributed by atoms with Gasteiger partial charge >= 0.3 is 0 Å². The van der Waals surface area contributed by atoms with E-state index >= 15 is 0 Å². The second-order valence-electron chi connectivity index (χ2n) is 7.16. The smallest absolute Gasteiger partial charge is 0.272 e. The van der Waals surface area contributed by atoms with E-state index in [9.17, 15) is 9.59 Å². The van der Waals surface area contributed by atoms with Gasteiger partial charge in [0.1, 0.15) is 5.82 Å². The number of amides is 2. The monoisotopic (exact) mass is 372 g/mol. The van der Waals surface area contributed by atoms with Gasteiger partial charge in [-0.25, -0.2) is 0 Å². The summed E-state index contributed by atoms with van der Waals surface area (Å²) in [7, 11) is 1.72. The molecule has 1 aliphatic carbocycles. The van der Waals surface area contributed by atoms with Gasteiger partial charge in [-0.3, -0.25) is 19.0 Å². The van der Waals surface area contributed by atoms with Gasteiger partial charge < -0.3 is 10.6 Å². The van der Waals surface area contributed by atoms with Crippen molar-refractivity contribution in [1.82, 2.24) is 24.9 Å². The van der Waals surface area contributed by atoms with Gasteiger partial charge in [-0.2, -0.15) is 10.2 Å². The maximum Gasteiger partial charge on any atom is 0.272 e. The summed E-state index contributed by atoms with van der Waals surface area (Å²) in [6, 6.07) is 1.62. The van der Waals surface area contributed by atoms with Crippen molar-refractivity contribution in [3.63, 3.8) is 0 Å². The van der Waals surface area contributed by atoms with E-state index in [1.165, 1.54) is 4.68 Å². The predicted molar refractivity (Wildman–Crippen MR) is 102 cm³/mol. The molecule has 2 aromatic rings. The maximum absolute atomic E-state index is 12.5. The molecule has 2 aromatic heterocycles. The molecule has 3 rings (SSSR count). The van der Waals surface area contributed by atoms with Gasteiger partial charge in [-0.1, -0.05) is 12.8 Å². The van der Waals surface area contributed by atoms with Crippen LogP contribution in [0.1, 0.15) is 60.0 Å². The molecule has 0 aromatic carbocycles. The Hall–Kier alpha value is -2.64. The molecule has 8 heteroatoms. The lowest BCUT2D eigenvalue weighted by molar-refractivity contribution is -0.119. The van der Waals surface area contributed by atoms with Gasteiger partial charge in [-0.05, 0) is 33.6 Å². The lowest BCUT2D eigenvalue weighted by atomic mass is 10.1. The quantitative estimate of drug-likeness (QED) is 0.814. The van der Waals surface area contributed by atoms with Crippen LogP contribution in [-0.2, 0) is 24.9 Å². The summed E-state index contributed by atoms with van der Waals surface area (Å²) in [5, 5.41) is 14.5. The zero-order chi connectivity index (χ0) is 19.6. The fraction of sp³-hybridized carbons (Fsp3) is 0.579. The molecule has 0 aliphatic heterocycles. The molecule has 27 heavy (non-hydrogen) atoms. The van der Waals surface area contributed by atoms with E-state index < -0.39 is 0 Å². The summed E-state index contributed by atoms with van der Waals surface area (Å²) in [6.45, 7) is 7.18. The summed E-state index contributed by atoms with van der Waals surface area (Å²) in [6.07, 6.45) is 4.07. The van der Waals surface area contributed by atoms with Crippen molar-refractivity contribution >= 4 is 17.6 Å².